The number of nitrogens with zero attached hydrogens (tertiary/aromatic N) is 1. The van der Waals surface area contributed by atoms with Crippen molar-refractivity contribution in [1.29, 1.82) is 0 Å². The fourth-order valence-electron chi connectivity index (χ4n) is 1.50. The molecule has 0 unspecified atom stereocenters. The molecular weight excluding hydrogens is 218 g/mol. The number of ether oxygens (including phenoxy) is 1. The third-order valence-electron chi connectivity index (χ3n) is 2.23. The summed E-state index contributed by atoms with van der Waals surface area (Å²) in [5.74, 6) is 0.856. The van der Waals surface area contributed by atoms with E-state index in [0.29, 0.717) is 0 Å². The molecule has 0 aliphatic carbocycles. The Morgan fingerprint density at radius 2 is 1.88 bits per heavy atom. The fraction of sp³-hybridized carbons (Fsp3) is 0. The molecule has 2 heterocycles. The normalized spacial score (nSPS) is 10.5. The summed E-state index contributed by atoms with van der Waals surface area (Å²) >= 11 is 1.61. The number of benzene rings is 1. The number of fused-ring (bicyclic) bond motifs is 1. The van der Waals surface area contributed by atoms with Gasteiger partial charge in [0.1, 0.15) is 5.75 Å². The average molecular weight is 227 g/mol. The maximum Gasteiger partial charge on any atom is 0.183 e. The van der Waals surface area contributed by atoms with E-state index >= 15 is 0 Å². The second-order valence-electron chi connectivity index (χ2n) is 3.37. The fourth-order valence-corrected chi connectivity index (χ4v) is 2.39. The minimum Gasteiger partial charge on any atom is -0.447 e. The molecule has 0 amide bonds. The molecular formula is C13H9NOS. The van der Waals surface area contributed by atoms with Crippen LogP contribution in [0.4, 0.5) is 0 Å². The standard InChI is InChI=1S/C13H9NOS/c1-2-5-10(6-3-1)15-13-9-11-12(16-13)7-4-8-14-11/h1-9H. The average Bonchev–Trinajstić information content (AvgIpc) is 2.72. The molecule has 0 bridgehead atoms. The van der Waals surface area contributed by atoms with Crippen molar-refractivity contribution < 1.29 is 4.74 Å². The minimum atomic E-state index is 0.856. The molecule has 0 atom stereocenters. The van der Waals surface area contributed by atoms with Gasteiger partial charge in [-0.05, 0) is 24.3 Å². The number of aromatic nitrogens is 1. The third-order valence-corrected chi connectivity index (χ3v) is 3.19. The number of rotatable bonds is 2. The number of para-hydroxylation sites is 1. The monoisotopic (exact) mass is 227 g/mol. The van der Waals surface area contributed by atoms with Gasteiger partial charge in [0.2, 0.25) is 0 Å². The zero-order valence-electron chi connectivity index (χ0n) is 8.46. The lowest BCUT2D eigenvalue weighted by Crippen LogP contribution is -1.78. The van der Waals surface area contributed by atoms with Gasteiger partial charge in [0.25, 0.3) is 0 Å². The molecule has 0 N–H and O–H groups in total. The van der Waals surface area contributed by atoms with Crippen LogP contribution in [0.25, 0.3) is 10.2 Å². The van der Waals surface area contributed by atoms with Crippen LogP contribution in [0.1, 0.15) is 0 Å². The lowest BCUT2D eigenvalue weighted by Gasteiger charge is -2.00. The molecule has 3 aromatic rings. The Balaban J connectivity index is 1.95. The zero-order chi connectivity index (χ0) is 10.8. The Labute approximate surface area is 97.1 Å². The van der Waals surface area contributed by atoms with Crippen LogP contribution < -0.4 is 4.74 Å². The predicted octanol–water partition coefficient (Wildman–Crippen LogP) is 4.09. The first-order chi connectivity index (χ1) is 7.92. The van der Waals surface area contributed by atoms with Gasteiger partial charge in [-0.1, -0.05) is 29.5 Å². The molecule has 1 aromatic carbocycles. The van der Waals surface area contributed by atoms with Crippen LogP contribution in [0.5, 0.6) is 10.8 Å². The molecule has 78 valence electrons. The van der Waals surface area contributed by atoms with Gasteiger partial charge >= 0.3 is 0 Å². The van der Waals surface area contributed by atoms with Crippen molar-refractivity contribution in [3.05, 3.63) is 54.7 Å². The smallest absolute Gasteiger partial charge is 0.183 e. The lowest BCUT2D eigenvalue weighted by atomic mass is 10.3. The summed E-state index contributed by atoms with van der Waals surface area (Å²) in [6, 6.07) is 15.7. The summed E-state index contributed by atoms with van der Waals surface area (Å²) in [6.45, 7) is 0. The lowest BCUT2D eigenvalue weighted by molar-refractivity contribution is 0.497. The quantitative estimate of drug-likeness (QED) is 0.658. The van der Waals surface area contributed by atoms with Gasteiger partial charge in [-0.25, -0.2) is 0 Å². The summed E-state index contributed by atoms with van der Waals surface area (Å²) in [5.41, 5.74) is 0.985. The van der Waals surface area contributed by atoms with Crippen LogP contribution in [0.2, 0.25) is 0 Å². The highest BCUT2D eigenvalue weighted by atomic mass is 32.1. The van der Waals surface area contributed by atoms with Crippen LogP contribution in [0, 0.1) is 0 Å². The van der Waals surface area contributed by atoms with E-state index in [0.717, 1.165) is 21.0 Å². The van der Waals surface area contributed by atoms with Gasteiger partial charge in [-0.15, -0.1) is 0 Å². The van der Waals surface area contributed by atoms with E-state index in [2.05, 4.69) is 4.98 Å². The highest BCUT2D eigenvalue weighted by molar-refractivity contribution is 7.20. The third kappa shape index (κ3) is 1.77. The molecule has 0 saturated heterocycles. The van der Waals surface area contributed by atoms with Crippen LogP contribution in [0.3, 0.4) is 0 Å². The first-order valence-corrected chi connectivity index (χ1v) is 5.81. The molecule has 3 heteroatoms. The van der Waals surface area contributed by atoms with Crippen molar-refractivity contribution in [2.75, 3.05) is 0 Å². The zero-order valence-corrected chi connectivity index (χ0v) is 9.28. The van der Waals surface area contributed by atoms with E-state index in [9.17, 15) is 0 Å². The number of thiophene rings is 1. The van der Waals surface area contributed by atoms with Crippen LogP contribution in [-0.4, -0.2) is 4.98 Å². The molecule has 0 spiro atoms. The van der Waals surface area contributed by atoms with Crippen LogP contribution in [-0.2, 0) is 0 Å². The van der Waals surface area contributed by atoms with Crippen LogP contribution >= 0.6 is 11.3 Å². The van der Waals surface area contributed by atoms with Gasteiger partial charge in [0.05, 0.1) is 10.2 Å². The first kappa shape index (κ1) is 9.36. The molecule has 0 aliphatic heterocycles. The van der Waals surface area contributed by atoms with E-state index in [1.54, 1.807) is 17.5 Å². The Bertz CT molecular complexity index is 570. The van der Waals surface area contributed by atoms with Gasteiger partial charge in [-0.2, -0.15) is 0 Å². The summed E-state index contributed by atoms with van der Waals surface area (Å²) in [4.78, 5) is 4.27. The van der Waals surface area contributed by atoms with E-state index < -0.39 is 0 Å². The van der Waals surface area contributed by atoms with E-state index in [-0.39, 0.29) is 0 Å². The van der Waals surface area contributed by atoms with Crippen molar-refractivity contribution in [3.8, 4) is 10.8 Å². The second kappa shape index (κ2) is 3.94. The van der Waals surface area contributed by atoms with Gasteiger partial charge < -0.3 is 4.74 Å². The van der Waals surface area contributed by atoms with Crippen molar-refractivity contribution >= 4 is 21.6 Å². The number of hydrogen-bond donors (Lipinski definition) is 0. The molecule has 16 heavy (non-hydrogen) atoms. The van der Waals surface area contributed by atoms with E-state index in [1.165, 1.54) is 0 Å². The van der Waals surface area contributed by atoms with Crippen molar-refractivity contribution in [1.82, 2.24) is 4.98 Å². The largest absolute Gasteiger partial charge is 0.447 e. The Hall–Kier alpha value is -1.87. The number of hydrogen-bond acceptors (Lipinski definition) is 3. The molecule has 2 aromatic heterocycles. The summed E-state index contributed by atoms with van der Waals surface area (Å²) < 4.78 is 6.89. The SMILES string of the molecule is c1ccc(Oc2cc3ncccc3s2)cc1. The Morgan fingerprint density at radius 1 is 1.00 bits per heavy atom. The second-order valence-corrected chi connectivity index (χ2v) is 4.41. The minimum absolute atomic E-state index is 0.856. The van der Waals surface area contributed by atoms with Gasteiger partial charge in [0, 0.05) is 12.3 Å². The highest BCUT2D eigenvalue weighted by Gasteiger charge is 2.03. The molecule has 0 saturated carbocycles. The van der Waals surface area contributed by atoms with Crippen molar-refractivity contribution in [3.63, 3.8) is 0 Å². The molecule has 0 radical (unpaired) electrons. The molecule has 0 fully saturated rings. The summed E-state index contributed by atoms with van der Waals surface area (Å²) in [7, 11) is 0. The van der Waals surface area contributed by atoms with E-state index in [1.807, 2.05) is 48.5 Å². The Kier molecular flexibility index (Phi) is 2.31. The van der Waals surface area contributed by atoms with E-state index in [4.69, 9.17) is 4.74 Å². The number of pyridine rings is 1. The maximum atomic E-state index is 5.74. The maximum absolute atomic E-state index is 5.74. The predicted molar refractivity (Wildman–Crippen MR) is 66.1 cm³/mol. The molecule has 2 nitrogen and oxygen atoms in total. The van der Waals surface area contributed by atoms with Crippen molar-refractivity contribution in [2.45, 2.75) is 0 Å². The summed E-state index contributed by atoms with van der Waals surface area (Å²) in [5, 5.41) is 0.875. The van der Waals surface area contributed by atoms with Gasteiger partial charge in [0.15, 0.2) is 5.06 Å². The topological polar surface area (TPSA) is 22.1 Å². The first-order valence-electron chi connectivity index (χ1n) is 4.99. The van der Waals surface area contributed by atoms with Crippen molar-refractivity contribution in [2.24, 2.45) is 0 Å². The highest BCUT2D eigenvalue weighted by Crippen LogP contribution is 2.33. The molecule has 0 aliphatic rings. The van der Waals surface area contributed by atoms with Gasteiger partial charge in [-0.3, -0.25) is 4.98 Å². The van der Waals surface area contributed by atoms with Crippen LogP contribution in [0.15, 0.2) is 54.7 Å². The molecule has 3 rings (SSSR count). The summed E-state index contributed by atoms with van der Waals surface area (Å²) in [6.07, 6.45) is 1.79. The Morgan fingerprint density at radius 3 is 2.69 bits per heavy atom.